The lowest BCUT2D eigenvalue weighted by Gasteiger charge is -2.18. The number of halogens is 1. The molecule has 4 nitrogen and oxygen atoms in total. The predicted molar refractivity (Wildman–Crippen MR) is 86.4 cm³/mol. The van der Waals surface area contributed by atoms with Crippen molar-refractivity contribution >= 4 is 11.8 Å². The van der Waals surface area contributed by atoms with Gasteiger partial charge in [0.15, 0.2) is 0 Å². The fraction of sp³-hybridized carbons (Fsp3) is 0.222. The van der Waals surface area contributed by atoms with Gasteiger partial charge in [-0.25, -0.2) is 4.39 Å². The largest absolute Gasteiger partial charge is 0.343 e. The SMILES string of the molecule is Cc1ccccc1C(=O)NCC(=O)N(C)Cc1ccccc1F. The molecule has 0 saturated carbocycles. The van der Waals surface area contributed by atoms with Gasteiger partial charge < -0.3 is 10.2 Å². The first kappa shape index (κ1) is 16.7. The van der Waals surface area contributed by atoms with Crippen LogP contribution < -0.4 is 5.32 Å². The molecular formula is C18H19FN2O2. The molecule has 2 rings (SSSR count). The van der Waals surface area contributed by atoms with Crippen LogP contribution in [0.1, 0.15) is 21.5 Å². The Morgan fingerprint density at radius 2 is 1.74 bits per heavy atom. The number of nitrogens with one attached hydrogen (secondary N) is 1. The third kappa shape index (κ3) is 4.39. The van der Waals surface area contributed by atoms with Gasteiger partial charge in [0.2, 0.25) is 5.91 Å². The van der Waals surface area contributed by atoms with Crippen LogP contribution in [0.3, 0.4) is 0 Å². The molecule has 0 saturated heterocycles. The number of carbonyl (C=O) groups excluding carboxylic acids is 2. The Labute approximate surface area is 134 Å². The Bertz CT molecular complexity index is 716. The number of benzene rings is 2. The Morgan fingerprint density at radius 1 is 1.09 bits per heavy atom. The first-order chi connectivity index (χ1) is 11.0. The van der Waals surface area contributed by atoms with Crippen molar-refractivity contribution in [2.75, 3.05) is 13.6 Å². The van der Waals surface area contributed by atoms with Gasteiger partial charge >= 0.3 is 0 Å². The van der Waals surface area contributed by atoms with Crippen molar-refractivity contribution in [3.63, 3.8) is 0 Å². The fourth-order valence-electron chi connectivity index (χ4n) is 2.18. The first-order valence-corrected chi connectivity index (χ1v) is 7.30. The van der Waals surface area contributed by atoms with Gasteiger partial charge in [-0.1, -0.05) is 36.4 Å². The zero-order valence-corrected chi connectivity index (χ0v) is 13.2. The topological polar surface area (TPSA) is 49.4 Å². The number of carbonyl (C=O) groups is 2. The van der Waals surface area contributed by atoms with E-state index in [2.05, 4.69) is 5.32 Å². The average Bonchev–Trinajstić information content (AvgIpc) is 2.54. The number of rotatable bonds is 5. The zero-order valence-electron chi connectivity index (χ0n) is 13.2. The molecule has 0 aliphatic rings. The number of amides is 2. The third-order valence-electron chi connectivity index (χ3n) is 3.58. The summed E-state index contributed by atoms with van der Waals surface area (Å²) in [4.78, 5) is 25.5. The molecule has 0 aliphatic heterocycles. The molecule has 0 bridgehead atoms. The summed E-state index contributed by atoms with van der Waals surface area (Å²) in [5.41, 5.74) is 1.82. The standard InChI is InChI=1S/C18H19FN2O2/c1-13-7-3-5-9-15(13)18(23)20-11-17(22)21(2)12-14-8-4-6-10-16(14)19/h3-10H,11-12H2,1-2H3,(H,20,23). The number of nitrogens with zero attached hydrogens (tertiary/aromatic N) is 1. The predicted octanol–water partition coefficient (Wildman–Crippen LogP) is 2.52. The van der Waals surface area contributed by atoms with E-state index in [1.807, 2.05) is 19.1 Å². The van der Waals surface area contributed by atoms with Gasteiger partial charge in [-0.3, -0.25) is 9.59 Å². The summed E-state index contributed by atoms with van der Waals surface area (Å²) in [5, 5.41) is 2.60. The average molecular weight is 314 g/mol. The second-order valence-corrected chi connectivity index (χ2v) is 5.34. The van der Waals surface area contributed by atoms with Gasteiger partial charge in [-0.15, -0.1) is 0 Å². The summed E-state index contributed by atoms with van der Waals surface area (Å²) in [6.07, 6.45) is 0. The van der Waals surface area contributed by atoms with Gasteiger partial charge in [-0.05, 0) is 24.6 Å². The molecule has 0 spiro atoms. The van der Waals surface area contributed by atoms with E-state index in [4.69, 9.17) is 0 Å². The second-order valence-electron chi connectivity index (χ2n) is 5.34. The van der Waals surface area contributed by atoms with Crippen LogP contribution in [0.2, 0.25) is 0 Å². The van der Waals surface area contributed by atoms with Crippen LogP contribution in [-0.4, -0.2) is 30.3 Å². The molecule has 0 radical (unpaired) electrons. The van der Waals surface area contributed by atoms with E-state index in [0.29, 0.717) is 11.1 Å². The summed E-state index contributed by atoms with van der Waals surface area (Å²) in [6.45, 7) is 1.87. The monoisotopic (exact) mass is 314 g/mol. The van der Waals surface area contributed by atoms with Crippen LogP contribution in [0.5, 0.6) is 0 Å². The van der Waals surface area contributed by atoms with Crippen molar-refractivity contribution < 1.29 is 14.0 Å². The summed E-state index contributed by atoms with van der Waals surface area (Å²) >= 11 is 0. The molecule has 0 atom stereocenters. The van der Waals surface area contributed by atoms with Crippen molar-refractivity contribution in [3.05, 3.63) is 71.0 Å². The number of hydrogen-bond donors (Lipinski definition) is 1. The number of hydrogen-bond acceptors (Lipinski definition) is 2. The van der Waals surface area contributed by atoms with Crippen LogP contribution in [0.15, 0.2) is 48.5 Å². The molecule has 120 valence electrons. The highest BCUT2D eigenvalue weighted by Gasteiger charge is 2.14. The lowest BCUT2D eigenvalue weighted by atomic mass is 10.1. The lowest BCUT2D eigenvalue weighted by molar-refractivity contribution is -0.129. The van der Waals surface area contributed by atoms with Crippen molar-refractivity contribution in [3.8, 4) is 0 Å². The molecule has 23 heavy (non-hydrogen) atoms. The minimum absolute atomic E-state index is 0.127. The van der Waals surface area contributed by atoms with Crippen molar-refractivity contribution in [2.45, 2.75) is 13.5 Å². The minimum atomic E-state index is -0.351. The van der Waals surface area contributed by atoms with Crippen LogP contribution in [0.4, 0.5) is 4.39 Å². The van der Waals surface area contributed by atoms with Crippen LogP contribution in [-0.2, 0) is 11.3 Å². The fourth-order valence-corrected chi connectivity index (χ4v) is 2.18. The second kappa shape index (κ2) is 7.54. The van der Waals surface area contributed by atoms with E-state index in [1.54, 1.807) is 37.4 Å². The molecule has 5 heteroatoms. The number of aryl methyl sites for hydroxylation is 1. The maximum atomic E-state index is 13.6. The number of likely N-dealkylation sites (N-methyl/N-ethyl adjacent to an activating group) is 1. The molecule has 2 aromatic rings. The molecular weight excluding hydrogens is 295 g/mol. The van der Waals surface area contributed by atoms with E-state index in [1.165, 1.54) is 11.0 Å². The summed E-state index contributed by atoms with van der Waals surface area (Å²) in [6, 6.07) is 13.5. The van der Waals surface area contributed by atoms with Crippen LogP contribution in [0.25, 0.3) is 0 Å². The maximum Gasteiger partial charge on any atom is 0.251 e. The van der Waals surface area contributed by atoms with Crippen LogP contribution in [0, 0.1) is 12.7 Å². The quantitative estimate of drug-likeness (QED) is 0.922. The van der Waals surface area contributed by atoms with E-state index >= 15 is 0 Å². The van der Waals surface area contributed by atoms with Crippen molar-refractivity contribution in [2.24, 2.45) is 0 Å². The van der Waals surface area contributed by atoms with E-state index in [0.717, 1.165) is 5.56 Å². The van der Waals surface area contributed by atoms with Gasteiger partial charge in [0.1, 0.15) is 5.82 Å². The molecule has 0 aromatic heterocycles. The van der Waals surface area contributed by atoms with Gasteiger partial charge in [0, 0.05) is 24.7 Å². The first-order valence-electron chi connectivity index (χ1n) is 7.30. The molecule has 0 heterocycles. The van der Waals surface area contributed by atoms with Crippen LogP contribution >= 0.6 is 0 Å². The Morgan fingerprint density at radius 3 is 2.43 bits per heavy atom. The summed E-state index contributed by atoms with van der Waals surface area (Å²) in [5.74, 6) is -0.929. The molecule has 2 aromatic carbocycles. The Balaban J connectivity index is 1.91. The van der Waals surface area contributed by atoms with Crippen molar-refractivity contribution in [1.29, 1.82) is 0 Å². The summed E-state index contributed by atoms with van der Waals surface area (Å²) in [7, 11) is 1.58. The van der Waals surface area contributed by atoms with Gasteiger partial charge in [0.05, 0.1) is 6.54 Å². The highest BCUT2D eigenvalue weighted by atomic mass is 19.1. The maximum absolute atomic E-state index is 13.6. The van der Waals surface area contributed by atoms with Crippen molar-refractivity contribution in [1.82, 2.24) is 10.2 Å². The molecule has 2 amide bonds. The summed E-state index contributed by atoms with van der Waals surface area (Å²) < 4.78 is 13.6. The normalized spacial score (nSPS) is 10.2. The zero-order chi connectivity index (χ0) is 16.8. The Hall–Kier alpha value is -2.69. The van der Waals surface area contributed by atoms with E-state index in [-0.39, 0.29) is 30.7 Å². The highest BCUT2D eigenvalue weighted by Crippen LogP contribution is 2.09. The molecule has 0 fully saturated rings. The van der Waals surface area contributed by atoms with E-state index in [9.17, 15) is 14.0 Å². The minimum Gasteiger partial charge on any atom is -0.343 e. The molecule has 1 N–H and O–H groups in total. The Kier molecular flexibility index (Phi) is 5.46. The van der Waals surface area contributed by atoms with Gasteiger partial charge in [-0.2, -0.15) is 0 Å². The smallest absolute Gasteiger partial charge is 0.251 e. The lowest BCUT2D eigenvalue weighted by Crippen LogP contribution is -2.38. The molecule has 0 unspecified atom stereocenters. The third-order valence-corrected chi connectivity index (χ3v) is 3.58. The van der Waals surface area contributed by atoms with Gasteiger partial charge in [0.25, 0.3) is 5.91 Å². The molecule has 0 aliphatic carbocycles. The highest BCUT2D eigenvalue weighted by molar-refractivity contribution is 5.97. The van der Waals surface area contributed by atoms with E-state index < -0.39 is 0 Å².